The second-order valence-electron chi connectivity index (χ2n) is 5.53. The number of halogens is 1. The van der Waals surface area contributed by atoms with Crippen LogP contribution in [0.25, 0.3) is 10.6 Å². The smallest absolute Gasteiger partial charge is 0.246 e. The fourth-order valence-corrected chi connectivity index (χ4v) is 2.97. The minimum absolute atomic E-state index is 0.142. The third-order valence-corrected chi connectivity index (χ3v) is 4.40. The number of aryl methyl sites for hydroxylation is 1. The highest BCUT2D eigenvalue weighted by Crippen LogP contribution is 2.24. The van der Waals surface area contributed by atoms with Crippen LogP contribution in [0, 0.1) is 12.7 Å². The molecule has 1 amide bonds. The minimum atomic E-state index is -0.286. The Kier molecular flexibility index (Phi) is 5.30. The van der Waals surface area contributed by atoms with Crippen molar-refractivity contribution in [3.63, 3.8) is 0 Å². The number of benzene rings is 2. The molecule has 4 nitrogen and oxygen atoms in total. The van der Waals surface area contributed by atoms with Crippen molar-refractivity contribution in [2.75, 3.05) is 0 Å². The molecule has 0 aliphatic carbocycles. The van der Waals surface area contributed by atoms with Gasteiger partial charge in [0.2, 0.25) is 5.91 Å². The van der Waals surface area contributed by atoms with Gasteiger partial charge in [0, 0.05) is 10.9 Å². The van der Waals surface area contributed by atoms with Crippen molar-refractivity contribution >= 4 is 23.5 Å². The maximum absolute atomic E-state index is 13.0. The number of hydrogen-bond acceptors (Lipinski definition) is 4. The van der Waals surface area contributed by atoms with Gasteiger partial charge in [0.05, 0.1) is 18.3 Å². The van der Waals surface area contributed by atoms with E-state index in [1.807, 2.05) is 36.6 Å². The zero-order valence-electron chi connectivity index (χ0n) is 13.6. The summed E-state index contributed by atoms with van der Waals surface area (Å²) >= 11 is 1.42. The Bertz CT molecular complexity index is 886. The number of hydrogen-bond donors (Lipinski definition) is 1. The number of hydrazone groups is 1. The molecule has 1 N–H and O–H groups in total. The molecular formula is C19H16FN3OS. The van der Waals surface area contributed by atoms with Crippen molar-refractivity contribution in [1.82, 2.24) is 10.4 Å². The molecule has 6 heteroatoms. The molecule has 126 valence electrons. The molecule has 0 unspecified atom stereocenters. The molecule has 3 rings (SSSR count). The van der Waals surface area contributed by atoms with Crippen LogP contribution in [-0.4, -0.2) is 17.1 Å². The fraction of sp³-hybridized carbons (Fsp3) is 0.105. The lowest BCUT2D eigenvalue weighted by molar-refractivity contribution is -0.120. The number of amides is 1. The predicted octanol–water partition coefficient (Wildman–Crippen LogP) is 3.95. The monoisotopic (exact) mass is 353 g/mol. The molecule has 0 atom stereocenters. The van der Waals surface area contributed by atoms with Crippen LogP contribution in [-0.2, 0) is 11.2 Å². The molecule has 1 aromatic heterocycles. The van der Waals surface area contributed by atoms with Gasteiger partial charge in [0.1, 0.15) is 10.8 Å². The minimum Gasteiger partial charge on any atom is -0.273 e. The van der Waals surface area contributed by atoms with Gasteiger partial charge in [-0.1, -0.05) is 29.8 Å². The van der Waals surface area contributed by atoms with Gasteiger partial charge in [-0.15, -0.1) is 11.3 Å². The highest BCUT2D eigenvalue weighted by atomic mass is 32.1. The Morgan fingerprint density at radius 1 is 1.20 bits per heavy atom. The average molecular weight is 353 g/mol. The zero-order chi connectivity index (χ0) is 17.6. The highest BCUT2D eigenvalue weighted by Gasteiger charge is 2.08. The maximum atomic E-state index is 13.0. The molecule has 0 aliphatic rings. The van der Waals surface area contributed by atoms with Crippen LogP contribution < -0.4 is 5.43 Å². The van der Waals surface area contributed by atoms with Crippen LogP contribution in [0.4, 0.5) is 4.39 Å². The summed E-state index contributed by atoms with van der Waals surface area (Å²) in [6.07, 6.45) is 1.74. The van der Waals surface area contributed by atoms with Crippen LogP contribution in [0.2, 0.25) is 0 Å². The summed E-state index contributed by atoms with van der Waals surface area (Å²) in [4.78, 5) is 16.3. The summed E-state index contributed by atoms with van der Waals surface area (Å²) in [7, 11) is 0. The summed E-state index contributed by atoms with van der Waals surface area (Å²) in [5.74, 6) is -0.523. The van der Waals surface area contributed by atoms with Crippen molar-refractivity contribution in [3.05, 3.63) is 76.5 Å². The van der Waals surface area contributed by atoms with Crippen LogP contribution >= 0.6 is 11.3 Å². The van der Waals surface area contributed by atoms with E-state index < -0.39 is 0 Å². The number of nitrogens with one attached hydrogen (secondary N) is 1. The summed E-state index contributed by atoms with van der Waals surface area (Å²) in [6, 6.07) is 13.9. The van der Waals surface area contributed by atoms with Gasteiger partial charge >= 0.3 is 0 Å². The van der Waals surface area contributed by atoms with Gasteiger partial charge in [-0.25, -0.2) is 14.8 Å². The molecule has 0 fully saturated rings. The molecule has 0 saturated carbocycles. The first-order valence-electron chi connectivity index (χ1n) is 7.69. The Morgan fingerprint density at radius 3 is 2.64 bits per heavy atom. The molecule has 3 aromatic rings. The summed E-state index contributed by atoms with van der Waals surface area (Å²) in [5, 5.41) is 6.53. The van der Waals surface area contributed by atoms with Crippen molar-refractivity contribution in [3.8, 4) is 10.6 Å². The van der Waals surface area contributed by atoms with Gasteiger partial charge in [-0.3, -0.25) is 4.79 Å². The second kappa shape index (κ2) is 7.81. The van der Waals surface area contributed by atoms with Gasteiger partial charge in [-0.05, 0) is 36.8 Å². The second-order valence-corrected chi connectivity index (χ2v) is 6.39. The molecule has 0 aliphatic heterocycles. The Morgan fingerprint density at radius 2 is 1.92 bits per heavy atom. The third kappa shape index (κ3) is 4.81. The lowest BCUT2D eigenvalue weighted by Gasteiger charge is -1.98. The predicted molar refractivity (Wildman–Crippen MR) is 98.1 cm³/mol. The summed E-state index contributed by atoms with van der Waals surface area (Å²) in [6.45, 7) is 2.01. The van der Waals surface area contributed by atoms with Crippen molar-refractivity contribution in [2.45, 2.75) is 13.3 Å². The molecule has 25 heavy (non-hydrogen) atoms. The van der Waals surface area contributed by atoms with Crippen molar-refractivity contribution < 1.29 is 9.18 Å². The van der Waals surface area contributed by atoms with E-state index in [1.165, 1.54) is 29.0 Å². The van der Waals surface area contributed by atoms with Gasteiger partial charge in [0.25, 0.3) is 0 Å². The number of thiazole rings is 1. The Balaban J connectivity index is 1.56. The van der Waals surface area contributed by atoms with Crippen LogP contribution in [0.5, 0.6) is 0 Å². The van der Waals surface area contributed by atoms with Crippen molar-refractivity contribution in [2.24, 2.45) is 5.10 Å². The third-order valence-electron chi connectivity index (χ3n) is 3.46. The van der Waals surface area contributed by atoms with E-state index in [-0.39, 0.29) is 18.1 Å². The normalized spacial score (nSPS) is 11.0. The lowest BCUT2D eigenvalue weighted by atomic mass is 10.2. The average Bonchev–Trinajstić information content (AvgIpc) is 3.06. The Labute approximate surface area is 149 Å². The molecule has 0 spiro atoms. The first-order chi connectivity index (χ1) is 12.1. The summed E-state index contributed by atoms with van der Waals surface area (Å²) < 4.78 is 13.0. The standard InChI is InChI=1S/C19H16FN3OS/c1-13-2-4-14(5-3-13)11-21-23-18(24)10-17-12-25-19(22-17)15-6-8-16(20)9-7-15/h2-9,11-12H,10H2,1H3,(H,23,24)/b21-11-. The van der Waals surface area contributed by atoms with Crippen molar-refractivity contribution in [1.29, 1.82) is 0 Å². The van der Waals surface area contributed by atoms with E-state index in [9.17, 15) is 9.18 Å². The van der Waals surface area contributed by atoms with Gasteiger partial charge in [0.15, 0.2) is 0 Å². The van der Waals surface area contributed by atoms with E-state index >= 15 is 0 Å². The van der Waals surface area contributed by atoms with E-state index in [0.717, 1.165) is 16.1 Å². The quantitative estimate of drug-likeness (QED) is 0.558. The molecule has 0 radical (unpaired) electrons. The topological polar surface area (TPSA) is 54.4 Å². The lowest BCUT2D eigenvalue weighted by Crippen LogP contribution is -2.19. The highest BCUT2D eigenvalue weighted by molar-refractivity contribution is 7.13. The van der Waals surface area contributed by atoms with E-state index in [4.69, 9.17) is 0 Å². The SMILES string of the molecule is Cc1ccc(/C=N\NC(=O)Cc2csc(-c3ccc(F)cc3)n2)cc1. The van der Waals surface area contributed by atoms with E-state index in [2.05, 4.69) is 15.5 Å². The molecule has 1 heterocycles. The molecule has 0 bridgehead atoms. The zero-order valence-corrected chi connectivity index (χ0v) is 14.4. The largest absolute Gasteiger partial charge is 0.273 e. The number of carbonyl (C=O) groups excluding carboxylic acids is 1. The fourth-order valence-electron chi connectivity index (χ4n) is 2.15. The molecular weight excluding hydrogens is 337 g/mol. The van der Waals surface area contributed by atoms with E-state index in [1.54, 1.807) is 18.3 Å². The van der Waals surface area contributed by atoms with Gasteiger partial charge in [-0.2, -0.15) is 5.10 Å². The van der Waals surface area contributed by atoms with E-state index in [0.29, 0.717) is 5.69 Å². The first kappa shape index (κ1) is 17.0. The number of rotatable bonds is 5. The first-order valence-corrected chi connectivity index (χ1v) is 8.57. The Hall–Kier alpha value is -2.86. The maximum Gasteiger partial charge on any atom is 0.246 e. The number of carbonyl (C=O) groups is 1. The number of aromatic nitrogens is 1. The van der Waals surface area contributed by atoms with Crippen LogP contribution in [0.1, 0.15) is 16.8 Å². The molecule has 2 aromatic carbocycles. The number of nitrogens with zero attached hydrogens (tertiary/aromatic N) is 2. The van der Waals surface area contributed by atoms with Gasteiger partial charge < -0.3 is 0 Å². The molecule has 0 saturated heterocycles. The van der Waals surface area contributed by atoms with Crippen LogP contribution in [0.15, 0.2) is 59.0 Å². The van der Waals surface area contributed by atoms with Crippen LogP contribution in [0.3, 0.4) is 0 Å². The summed E-state index contributed by atoms with van der Waals surface area (Å²) in [5.41, 5.74) is 6.07.